The van der Waals surface area contributed by atoms with Gasteiger partial charge >= 0.3 is 6.36 Å². The second kappa shape index (κ2) is 10.8. The number of carbonyl (C=O) groups excluding carboxylic acids is 1. The largest absolute Gasteiger partial charge is 0.522 e. The molecule has 11 heteroatoms. The lowest BCUT2D eigenvalue weighted by Crippen LogP contribution is -2.47. The van der Waals surface area contributed by atoms with Crippen molar-refractivity contribution >= 4 is 17.5 Å². The van der Waals surface area contributed by atoms with E-state index in [1.54, 1.807) is 0 Å². The van der Waals surface area contributed by atoms with E-state index < -0.39 is 18.3 Å². The van der Waals surface area contributed by atoms with E-state index in [4.69, 9.17) is 21.1 Å². The summed E-state index contributed by atoms with van der Waals surface area (Å²) in [7, 11) is 0. The van der Waals surface area contributed by atoms with Gasteiger partial charge in [0.05, 0.1) is 23.8 Å². The van der Waals surface area contributed by atoms with Gasteiger partial charge in [0.2, 0.25) is 0 Å². The van der Waals surface area contributed by atoms with E-state index in [2.05, 4.69) is 15.0 Å². The molecule has 1 heterocycles. The molecule has 0 radical (unpaired) electrons. The maximum Gasteiger partial charge on any atom is 0.522 e. The van der Waals surface area contributed by atoms with Crippen LogP contribution in [0.4, 0.5) is 17.6 Å². The first kappa shape index (κ1) is 24.0. The Hall–Kier alpha value is -1.62. The van der Waals surface area contributed by atoms with Crippen LogP contribution in [-0.4, -0.2) is 68.3 Å². The minimum atomic E-state index is -4.59. The SMILES string of the molecule is O=C(COc1ccc(Cl)c(F)c1)NC1CCN(CCO[C@H]2C[C@@H](OC(F)(F)F)C2)CC1. The zero-order valence-corrected chi connectivity index (χ0v) is 17.6. The van der Waals surface area contributed by atoms with Gasteiger partial charge < -0.3 is 19.7 Å². The monoisotopic (exact) mass is 468 g/mol. The molecule has 1 aliphatic carbocycles. The molecular weight excluding hydrogens is 444 g/mol. The molecule has 1 saturated heterocycles. The Morgan fingerprint density at radius 2 is 1.90 bits per heavy atom. The summed E-state index contributed by atoms with van der Waals surface area (Å²) in [6.07, 6.45) is -3.50. The van der Waals surface area contributed by atoms with Gasteiger partial charge in [-0.05, 0) is 25.0 Å². The number of carbonyl (C=O) groups is 1. The van der Waals surface area contributed by atoms with Crippen LogP contribution in [-0.2, 0) is 14.3 Å². The summed E-state index contributed by atoms with van der Waals surface area (Å²) < 4.78 is 64.5. The van der Waals surface area contributed by atoms with Crippen LogP contribution in [0, 0.1) is 5.82 Å². The number of rotatable bonds is 9. The fourth-order valence-corrected chi connectivity index (χ4v) is 3.69. The van der Waals surface area contributed by atoms with Crippen LogP contribution in [0.1, 0.15) is 25.7 Å². The van der Waals surface area contributed by atoms with E-state index in [0.29, 0.717) is 13.2 Å². The molecule has 1 amide bonds. The number of halogens is 5. The van der Waals surface area contributed by atoms with Crippen molar-refractivity contribution in [3.63, 3.8) is 0 Å². The van der Waals surface area contributed by atoms with E-state index in [1.807, 2.05) is 0 Å². The van der Waals surface area contributed by atoms with Gasteiger partial charge in [0.1, 0.15) is 11.6 Å². The van der Waals surface area contributed by atoms with Crippen LogP contribution in [0.5, 0.6) is 5.75 Å². The Bertz CT molecular complexity index is 738. The van der Waals surface area contributed by atoms with Gasteiger partial charge in [0, 0.05) is 44.6 Å². The van der Waals surface area contributed by atoms with Gasteiger partial charge in [-0.3, -0.25) is 9.53 Å². The summed E-state index contributed by atoms with van der Waals surface area (Å²) in [5.41, 5.74) is 0. The van der Waals surface area contributed by atoms with Gasteiger partial charge in [0.15, 0.2) is 6.61 Å². The summed E-state index contributed by atoms with van der Waals surface area (Å²) in [5, 5.41) is 2.89. The Labute approximate surface area is 182 Å². The summed E-state index contributed by atoms with van der Waals surface area (Å²) in [5.74, 6) is -0.657. The highest BCUT2D eigenvalue weighted by atomic mass is 35.5. The van der Waals surface area contributed by atoms with Crippen LogP contribution in [0.2, 0.25) is 5.02 Å². The Morgan fingerprint density at radius 3 is 2.55 bits per heavy atom. The first-order valence-electron chi connectivity index (χ1n) is 10.1. The lowest BCUT2D eigenvalue weighted by atomic mass is 9.92. The van der Waals surface area contributed by atoms with E-state index >= 15 is 0 Å². The molecule has 0 atom stereocenters. The molecule has 0 unspecified atom stereocenters. The van der Waals surface area contributed by atoms with Crippen LogP contribution in [0.3, 0.4) is 0 Å². The third-order valence-corrected chi connectivity index (χ3v) is 5.63. The minimum Gasteiger partial charge on any atom is -0.484 e. The van der Waals surface area contributed by atoms with Crippen molar-refractivity contribution in [1.29, 1.82) is 0 Å². The number of piperidine rings is 1. The number of amides is 1. The average Bonchev–Trinajstić information content (AvgIpc) is 2.67. The number of hydrogen-bond donors (Lipinski definition) is 1. The minimum absolute atomic E-state index is 0.0127. The molecule has 1 N–H and O–H groups in total. The quantitative estimate of drug-likeness (QED) is 0.562. The van der Waals surface area contributed by atoms with E-state index in [9.17, 15) is 22.4 Å². The predicted octanol–water partition coefficient (Wildman–Crippen LogP) is 3.52. The second-order valence-electron chi connectivity index (χ2n) is 7.70. The molecule has 6 nitrogen and oxygen atoms in total. The molecular formula is C20H25ClF4N2O4. The van der Waals surface area contributed by atoms with Gasteiger partial charge in [0.25, 0.3) is 5.91 Å². The highest BCUT2D eigenvalue weighted by Crippen LogP contribution is 2.32. The van der Waals surface area contributed by atoms with Gasteiger partial charge in [-0.15, -0.1) is 13.2 Å². The van der Waals surface area contributed by atoms with Gasteiger partial charge in [-0.25, -0.2) is 4.39 Å². The molecule has 174 valence electrons. The Morgan fingerprint density at radius 1 is 1.19 bits per heavy atom. The van der Waals surface area contributed by atoms with E-state index in [-0.39, 0.29) is 48.3 Å². The summed E-state index contributed by atoms with van der Waals surface area (Å²) in [6, 6.07) is 4.01. The molecule has 1 aromatic carbocycles. The Balaban J connectivity index is 1.24. The summed E-state index contributed by atoms with van der Waals surface area (Å²) in [4.78, 5) is 14.2. The number of hydrogen-bond acceptors (Lipinski definition) is 5. The Kier molecular flexibility index (Phi) is 8.37. The van der Waals surface area contributed by atoms with E-state index in [0.717, 1.165) is 32.0 Å². The van der Waals surface area contributed by atoms with Crippen molar-refractivity contribution in [2.24, 2.45) is 0 Å². The zero-order valence-electron chi connectivity index (χ0n) is 16.8. The summed E-state index contributed by atoms with van der Waals surface area (Å²) >= 11 is 5.60. The van der Waals surface area contributed by atoms with Crippen LogP contribution in [0.15, 0.2) is 18.2 Å². The third-order valence-electron chi connectivity index (χ3n) is 5.33. The third kappa shape index (κ3) is 8.10. The number of nitrogens with zero attached hydrogens (tertiary/aromatic N) is 1. The topological polar surface area (TPSA) is 60.0 Å². The number of nitrogens with one attached hydrogen (secondary N) is 1. The maximum absolute atomic E-state index is 13.4. The normalized spacial score (nSPS) is 22.7. The molecule has 1 saturated carbocycles. The number of likely N-dealkylation sites (tertiary alicyclic amines) is 1. The average molecular weight is 469 g/mol. The van der Waals surface area contributed by atoms with Crippen molar-refractivity contribution in [2.75, 3.05) is 32.8 Å². The lowest BCUT2D eigenvalue weighted by Gasteiger charge is -2.36. The van der Waals surface area contributed by atoms with Crippen molar-refractivity contribution in [1.82, 2.24) is 10.2 Å². The summed E-state index contributed by atoms with van der Waals surface area (Å²) in [6.45, 7) is 2.48. The number of alkyl halides is 3. The number of benzene rings is 1. The molecule has 2 aliphatic rings. The molecule has 2 fully saturated rings. The van der Waals surface area contributed by atoms with Crippen LogP contribution >= 0.6 is 11.6 Å². The molecule has 31 heavy (non-hydrogen) atoms. The first-order chi connectivity index (χ1) is 14.7. The molecule has 3 rings (SSSR count). The van der Waals surface area contributed by atoms with Crippen LogP contribution < -0.4 is 10.1 Å². The highest BCUT2D eigenvalue weighted by Gasteiger charge is 2.40. The van der Waals surface area contributed by atoms with Crippen molar-refractivity contribution in [2.45, 2.75) is 50.3 Å². The fourth-order valence-electron chi connectivity index (χ4n) is 3.57. The highest BCUT2D eigenvalue weighted by molar-refractivity contribution is 6.30. The standard InChI is InChI=1S/C20H25ClF4N2O4/c21-17-2-1-14(11-18(17)22)30-12-19(28)26-13-3-5-27(6-4-13)7-8-29-15-9-16(10-15)31-20(23,24)25/h1-2,11,13,15-16H,3-10,12H2,(H,26,28)/t15-,16+. The molecule has 1 aliphatic heterocycles. The molecule has 0 aromatic heterocycles. The molecule has 1 aromatic rings. The molecule has 0 bridgehead atoms. The van der Waals surface area contributed by atoms with Crippen molar-refractivity contribution in [3.8, 4) is 5.75 Å². The van der Waals surface area contributed by atoms with Gasteiger partial charge in [-0.2, -0.15) is 0 Å². The van der Waals surface area contributed by atoms with Crippen LogP contribution in [0.25, 0.3) is 0 Å². The molecule has 0 spiro atoms. The van der Waals surface area contributed by atoms with Crippen molar-refractivity contribution < 1.29 is 36.6 Å². The second-order valence-corrected chi connectivity index (χ2v) is 8.11. The smallest absolute Gasteiger partial charge is 0.484 e. The fraction of sp³-hybridized carbons (Fsp3) is 0.650. The predicted molar refractivity (Wildman–Crippen MR) is 104 cm³/mol. The lowest BCUT2D eigenvalue weighted by molar-refractivity contribution is -0.357. The zero-order chi connectivity index (χ0) is 22.4. The number of ether oxygens (including phenoxy) is 3. The van der Waals surface area contributed by atoms with Gasteiger partial charge in [-0.1, -0.05) is 11.6 Å². The first-order valence-corrected chi connectivity index (χ1v) is 10.5. The van der Waals surface area contributed by atoms with E-state index in [1.165, 1.54) is 12.1 Å². The van der Waals surface area contributed by atoms with Crippen molar-refractivity contribution in [3.05, 3.63) is 29.0 Å². The maximum atomic E-state index is 13.4.